The van der Waals surface area contributed by atoms with Crippen LogP contribution in [0.4, 0.5) is 0 Å². The molecule has 3 aromatic heterocycles. The first-order valence-electron chi connectivity index (χ1n) is 14.3. The van der Waals surface area contributed by atoms with Gasteiger partial charge in [-0.05, 0) is 47.5 Å². The molecule has 0 radical (unpaired) electrons. The summed E-state index contributed by atoms with van der Waals surface area (Å²) < 4.78 is 3.24. The van der Waals surface area contributed by atoms with E-state index in [2.05, 4.69) is 123 Å². The molecule has 0 saturated heterocycles. The second-order valence-corrected chi connectivity index (χ2v) is 11.5. The van der Waals surface area contributed by atoms with E-state index in [-0.39, 0.29) is 0 Å². The summed E-state index contributed by atoms with van der Waals surface area (Å²) in [6.07, 6.45) is 3.65. The van der Waals surface area contributed by atoms with Gasteiger partial charge in [0.2, 0.25) is 0 Å². The minimum absolute atomic E-state index is 0.605. The van der Waals surface area contributed by atoms with E-state index in [4.69, 9.17) is 15.0 Å². The smallest absolute Gasteiger partial charge is 0.164 e. The van der Waals surface area contributed by atoms with Crippen LogP contribution in [0.25, 0.3) is 72.8 Å². The van der Waals surface area contributed by atoms with E-state index in [0.717, 1.165) is 49.0 Å². The zero-order chi connectivity index (χ0) is 29.5. The second kappa shape index (κ2) is 11.0. The number of fused-ring (bicyclic) bond motifs is 3. The van der Waals surface area contributed by atoms with Gasteiger partial charge in [0.15, 0.2) is 17.5 Å². The molecule has 44 heavy (non-hydrogen) atoms. The second-order valence-electron chi connectivity index (χ2n) is 10.6. The summed E-state index contributed by atoms with van der Waals surface area (Å²) in [4.78, 5) is 19.2. The molecular weight excluding hydrogens is 606 g/mol. The van der Waals surface area contributed by atoms with Crippen molar-refractivity contribution in [2.45, 2.75) is 0 Å². The highest BCUT2D eigenvalue weighted by molar-refractivity contribution is 9.10. The zero-order valence-corrected chi connectivity index (χ0v) is 25.1. The molecule has 3 heterocycles. The summed E-state index contributed by atoms with van der Waals surface area (Å²) in [5.74, 6) is 1.85. The number of nitrogens with zero attached hydrogens (tertiary/aromatic N) is 5. The Kier molecular flexibility index (Phi) is 6.54. The predicted molar refractivity (Wildman–Crippen MR) is 181 cm³/mol. The molecule has 0 atom stereocenters. The Hall–Kier alpha value is -5.46. The third kappa shape index (κ3) is 4.75. The van der Waals surface area contributed by atoms with Gasteiger partial charge in [-0.15, -0.1) is 0 Å². The van der Waals surface area contributed by atoms with E-state index < -0.39 is 0 Å². The van der Waals surface area contributed by atoms with Gasteiger partial charge in [0, 0.05) is 50.0 Å². The summed E-state index contributed by atoms with van der Waals surface area (Å²) in [6, 6.07) is 45.7. The number of para-hydroxylation sites is 2. The van der Waals surface area contributed by atoms with Crippen molar-refractivity contribution < 1.29 is 0 Å². The van der Waals surface area contributed by atoms with Crippen LogP contribution in [-0.4, -0.2) is 24.5 Å². The minimum Gasteiger partial charge on any atom is -0.309 e. The topological polar surface area (TPSA) is 56.5 Å². The Bertz CT molecular complexity index is 2220. The van der Waals surface area contributed by atoms with Crippen molar-refractivity contribution in [1.82, 2.24) is 24.5 Å². The molecule has 5 nitrogen and oxygen atoms in total. The highest BCUT2D eigenvalue weighted by atomic mass is 79.9. The SMILES string of the molecule is Brc1cc(-c2nc(-c3ccccc3)nc(-c3ccc(-c4cccnc4)cc3)n2)cc(-n2c3ccccc3c3ccccc32)c1. The van der Waals surface area contributed by atoms with Crippen LogP contribution in [0.1, 0.15) is 0 Å². The lowest BCUT2D eigenvalue weighted by molar-refractivity contribution is 1.07. The number of hydrogen-bond donors (Lipinski definition) is 0. The van der Waals surface area contributed by atoms with Gasteiger partial charge < -0.3 is 4.57 Å². The number of aromatic nitrogens is 5. The summed E-state index contributed by atoms with van der Waals surface area (Å²) in [5, 5.41) is 2.43. The Balaban J connectivity index is 1.30. The molecule has 0 spiro atoms. The molecule has 6 heteroatoms. The van der Waals surface area contributed by atoms with Crippen molar-refractivity contribution in [2.24, 2.45) is 0 Å². The zero-order valence-electron chi connectivity index (χ0n) is 23.5. The number of rotatable bonds is 5. The maximum absolute atomic E-state index is 5.03. The van der Waals surface area contributed by atoms with Gasteiger partial charge in [-0.2, -0.15) is 0 Å². The van der Waals surface area contributed by atoms with Crippen LogP contribution in [-0.2, 0) is 0 Å². The molecule has 0 aliphatic rings. The van der Waals surface area contributed by atoms with E-state index in [9.17, 15) is 0 Å². The first-order chi connectivity index (χ1) is 21.7. The predicted octanol–water partition coefficient (Wildman–Crippen LogP) is 9.79. The van der Waals surface area contributed by atoms with Gasteiger partial charge in [0.05, 0.1) is 11.0 Å². The summed E-state index contributed by atoms with van der Waals surface area (Å²) in [7, 11) is 0. The fourth-order valence-electron chi connectivity index (χ4n) is 5.73. The lowest BCUT2D eigenvalue weighted by atomic mass is 10.1. The van der Waals surface area contributed by atoms with E-state index in [1.54, 1.807) is 6.20 Å². The Morgan fingerprint density at radius 1 is 0.455 bits per heavy atom. The molecular formula is C38H24BrN5. The van der Waals surface area contributed by atoms with Crippen LogP contribution in [0.3, 0.4) is 0 Å². The Morgan fingerprint density at radius 3 is 1.64 bits per heavy atom. The molecule has 8 aromatic rings. The molecule has 0 fully saturated rings. The number of pyridine rings is 1. The molecule has 0 bridgehead atoms. The van der Waals surface area contributed by atoms with Crippen molar-refractivity contribution in [3.05, 3.63) is 150 Å². The fourth-order valence-corrected chi connectivity index (χ4v) is 6.21. The number of hydrogen-bond acceptors (Lipinski definition) is 4. The number of benzene rings is 5. The van der Waals surface area contributed by atoms with E-state index in [1.165, 1.54) is 10.8 Å². The normalized spacial score (nSPS) is 11.3. The van der Waals surface area contributed by atoms with Crippen LogP contribution in [0.15, 0.2) is 150 Å². The van der Waals surface area contributed by atoms with Crippen molar-refractivity contribution in [3.8, 4) is 51.0 Å². The monoisotopic (exact) mass is 629 g/mol. The average molecular weight is 631 g/mol. The molecule has 208 valence electrons. The third-order valence-electron chi connectivity index (χ3n) is 7.78. The lowest BCUT2D eigenvalue weighted by Crippen LogP contribution is -2.01. The van der Waals surface area contributed by atoms with Crippen LogP contribution >= 0.6 is 15.9 Å². The molecule has 0 N–H and O–H groups in total. The van der Waals surface area contributed by atoms with Crippen molar-refractivity contribution in [1.29, 1.82) is 0 Å². The summed E-state index contributed by atoms with van der Waals surface area (Å²) in [6.45, 7) is 0. The highest BCUT2D eigenvalue weighted by Gasteiger charge is 2.16. The van der Waals surface area contributed by atoms with Gasteiger partial charge >= 0.3 is 0 Å². The highest BCUT2D eigenvalue weighted by Crippen LogP contribution is 2.35. The molecule has 0 saturated carbocycles. The lowest BCUT2D eigenvalue weighted by Gasteiger charge is -2.12. The minimum atomic E-state index is 0.605. The average Bonchev–Trinajstić information content (AvgIpc) is 3.43. The van der Waals surface area contributed by atoms with Crippen molar-refractivity contribution in [3.63, 3.8) is 0 Å². The first-order valence-corrected chi connectivity index (χ1v) is 15.1. The number of halogens is 1. The Morgan fingerprint density at radius 2 is 1.00 bits per heavy atom. The van der Waals surface area contributed by atoms with E-state index in [1.807, 2.05) is 42.6 Å². The summed E-state index contributed by atoms with van der Waals surface area (Å²) >= 11 is 3.79. The fraction of sp³-hybridized carbons (Fsp3) is 0. The first kappa shape index (κ1) is 26.2. The quantitative estimate of drug-likeness (QED) is 0.190. The third-order valence-corrected chi connectivity index (χ3v) is 8.24. The van der Waals surface area contributed by atoms with E-state index in [0.29, 0.717) is 17.5 Å². The van der Waals surface area contributed by atoms with Crippen LogP contribution in [0.2, 0.25) is 0 Å². The van der Waals surface area contributed by atoms with Crippen LogP contribution < -0.4 is 0 Å². The van der Waals surface area contributed by atoms with E-state index >= 15 is 0 Å². The van der Waals surface area contributed by atoms with Gasteiger partial charge in [0.1, 0.15) is 0 Å². The van der Waals surface area contributed by atoms with Gasteiger partial charge in [-0.25, -0.2) is 15.0 Å². The standard InChI is InChI=1S/C38H24BrN5/c39-30-21-29(22-31(23-30)44-34-14-6-4-12-32(34)33-13-5-7-15-35(33)44)38-42-36(26-9-2-1-3-10-26)41-37(43-38)27-18-16-25(17-19-27)28-11-8-20-40-24-28/h1-24H. The van der Waals surface area contributed by atoms with Gasteiger partial charge in [-0.1, -0.05) is 113 Å². The maximum Gasteiger partial charge on any atom is 0.164 e. The van der Waals surface area contributed by atoms with Gasteiger partial charge in [0.25, 0.3) is 0 Å². The van der Waals surface area contributed by atoms with Crippen molar-refractivity contribution >= 4 is 37.7 Å². The molecule has 8 rings (SSSR count). The van der Waals surface area contributed by atoms with Crippen molar-refractivity contribution in [2.75, 3.05) is 0 Å². The van der Waals surface area contributed by atoms with Gasteiger partial charge in [-0.3, -0.25) is 4.98 Å². The molecule has 0 amide bonds. The molecule has 5 aromatic carbocycles. The molecule has 0 aliphatic heterocycles. The molecule has 0 aliphatic carbocycles. The Labute approximate surface area is 262 Å². The van der Waals surface area contributed by atoms with Crippen LogP contribution in [0, 0.1) is 0 Å². The van der Waals surface area contributed by atoms with Crippen LogP contribution in [0.5, 0.6) is 0 Å². The molecule has 0 unspecified atom stereocenters. The largest absolute Gasteiger partial charge is 0.309 e. The summed E-state index contributed by atoms with van der Waals surface area (Å²) in [5.41, 5.74) is 8.20. The maximum atomic E-state index is 5.03.